The van der Waals surface area contributed by atoms with E-state index in [4.69, 9.17) is 14.0 Å². The van der Waals surface area contributed by atoms with Crippen LogP contribution in [0.15, 0.2) is 35.0 Å². The van der Waals surface area contributed by atoms with Crippen molar-refractivity contribution in [3.63, 3.8) is 0 Å². The standard InChI is InChI=1S/C19H22N4O4/c1-12-5-6-16(17(7-12)25-4)26-11-14-8-15(22-27-14)19(24)23(3)10-18-20-9-13(2)21-18/h5-9H,10-11H2,1-4H3,(H,20,21). The summed E-state index contributed by atoms with van der Waals surface area (Å²) in [5, 5.41) is 3.84. The maximum Gasteiger partial charge on any atom is 0.276 e. The van der Waals surface area contributed by atoms with E-state index in [0.717, 1.165) is 11.3 Å². The first-order valence-corrected chi connectivity index (χ1v) is 8.45. The number of aromatic amines is 1. The molecule has 0 unspecified atom stereocenters. The summed E-state index contributed by atoms with van der Waals surface area (Å²) in [5.41, 5.74) is 2.23. The fourth-order valence-electron chi connectivity index (χ4n) is 2.56. The Morgan fingerprint density at radius 3 is 2.78 bits per heavy atom. The van der Waals surface area contributed by atoms with Crippen LogP contribution in [0, 0.1) is 13.8 Å². The van der Waals surface area contributed by atoms with E-state index in [1.54, 1.807) is 26.4 Å². The van der Waals surface area contributed by atoms with E-state index in [9.17, 15) is 4.79 Å². The first-order valence-electron chi connectivity index (χ1n) is 8.45. The first-order chi connectivity index (χ1) is 13.0. The molecule has 1 amide bonds. The van der Waals surface area contributed by atoms with Crippen LogP contribution in [0.1, 0.15) is 33.3 Å². The number of hydrogen-bond donors (Lipinski definition) is 1. The summed E-state index contributed by atoms with van der Waals surface area (Å²) in [4.78, 5) is 21.3. The van der Waals surface area contributed by atoms with E-state index in [-0.39, 0.29) is 18.2 Å². The predicted molar refractivity (Wildman–Crippen MR) is 97.7 cm³/mol. The van der Waals surface area contributed by atoms with Crippen LogP contribution in [-0.2, 0) is 13.2 Å². The monoisotopic (exact) mass is 370 g/mol. The molecule has 0 fully saturated rings. The molecule has 2 aromatic heterocycles. The zero-order valence-corrected chi connectivity index (χ0v) is 15.8. The van der Waals surface area contributed by atoms with Crippen LogP contribution in [0.3, 0.4) is 0 Å². The van der Waals surface area contributed by atoms with Crippen molar-refractivity contribution in [3.8, 4) is 11.5 Å². The lowest BCUT2D eigenvalue weighted by atomic mass is 10.2. The van der Waals surface area contributed by atoms with Gasteiger partial charge >= 0.3 is 0 Å². The average molecular weight is 370 g/mol. The second kappa shape index (κ2) is 7.94. The number of imidazole rings is 1. The van der Waals surface area contributed by atoms with Gasteiger partial charge in [0.15, 0.2) is 23.0 Å². The van der Waals surface area contributed by atoms with E-state index < -0.39 is 0 Å². The molecule has 0 radical (unpaired) electrons. The number of H-pyrrole nitrogens is 1. The smallest absolute Gasteiger partial charge is 0.276 e. The van der Waals surface area contributed by atoms with E-state index in [1.807, 2.05) is 32.0 Å². The number of nitrogens with zero attached hydrogens (tertiary/aromatic N) is 3. The number of benzene rings is 1. The molecule has 27 heavy (non-hydrogen) atoms. The fraction of sp³-hybridized carbons (Fsp3) is 0.316. The van der Waals surface area contributed by atoms with Crippen molar-refractivity contribution in [3.05, 3.63) is 59.0 Å². The van der Waals surface area contributed by atoms with Crippen LogP contribution in [-0.4, -0.2) is 40.1 Å². The topological polar surface area (TPSA) is 93.5 Å². The Morgan fingerprint density at radius 2 is 2.07 bits per heavy atom. The minimum absolute atomic E-state index is 0.140. The number of amides is 1. The minimum atomic E-state index is -0.257. The zero-order chi connectivity index (χ0) is 19.4. The van der Waals surface area contributed by atoms with Crippen molar-refractivity contribution in [1.29, 1.82) is 0 Å². The number of methoxy groups -OCH3 is 1. The van der Waals surface area contributed by atoms with Gasteiger partial charge in [0.2, 0.25) is 0 Å². The van der Waals surface area contributed by atoms with Gasteiger partial charge in [0.1, 0.15) is 12.4 Å². The highest BCUT2D eigenvalue weighted by Gasteiger charge is 2.18. The molecule has 0 aliphatic carbocycles. The van der Waals surface area contributed by atoms with Crippen LogP contribution in [0.4, 0.5) is 0 Å². The Morgan fingerprint density at radius 1 is 1.26 bits per heavy atom. The highest BCUT2D eigenvalue weighted by Crippen LogP contribution is 2.28. The number of hydrogen-bond acceptors (Lipinski definition) is 6. The molecule has 0 aliphatic rings. The predicted octanol–water partition coefficient (Wildman–Crippen LogP) is 2.87. The second-order valence-corrected chi connectivity index (χ2v) is 6.30. The van der Waals surface area contributed by atoms with Gasteiger partial charge in [-0.05, 0) is 31.5 Å². The lowest BCUT2D eigenvalue weighted by molar-refractivity contribution is 0.0771. The highest BCUT2D eigenvalue weighted by molar-refractivity contribution is 5.91. The van der Waals surface area contributed by atoms with Gasteiger partial charge in [-0.15, -0.1) is 0 Å². The Kier molecular flexibility index (Phi) is 5.44. The van der Waals surface area contributed by atoms with Crippen molar-refractivity contribution in [2.75, 3.05) is 14.2 Å². The number of nitrogens with one attached hydrogen (secondary N) is 1. The van der Waals surface area contributed by atoms with Gasteiger partial charge in [0, 0.05) is 25.0 Å². The van der Waals surface area contributed by atoms with Crippen LogP contribution in [0.2, 0.25) is 0 Å². The number of carbonyl (C=O) groups excluding carboxylic acids is 1. The highest BCUT2D eigenvalue weighted by atomic mass is 16.5. The molecule has 0 bridgehead atoms. The molecule has 1 aromatic carbocycles. The maximum absolute atomic E-state index is 12.5. The molecule has 0 saturated carbocycles. The van der Waals surface area contributed by atoms with Gasteiger partial charge < -0.3 is 23.9 Å². The van der Waals surface area contributed by atoms with E-state index >= 15 is 0 Å². The minimum Gasteiger partial charge on any atom is -0.493 e. The fourth-order valence-corrected chi connectivity index (χ4v) is 2.56. The van der Waals surface area contributed by atoms with E-state index in [1.165, 1.54) is 4.90 Å². The average Bonchev–Trinajstić information content (AvgIpc) is 3.28. The molecule has 8 heteroatoms. The number of carbonyl (C=O) groups is 1. The molecule has 8 nitrogen and oxygen atoms in total. The molecular weight excluding hydrogens is 348 g/mol. The molecule has 3 aromatic rings. The number of aryl methyl sites for hydroxylation is 2. The van der Waals surface area contributed by atoms with Gasteiger partial charge in [-0.1, -0.05) is 11.2 Å². The van der Waals surface area contributed by atoms with Gasteiger partial charge in [0.25, 0.3) is 5.91 Å². The second-order valence-electron chi connectivity index (χ2n) is 6.30. The third kappa shape index (κ3) is 4.46. The summed E-state index contributed by atoms with van der Waals surface area (Å²) in [6, 6.07) is 7.22. The Balaban J connectivity index is 1.61. The number of ether oxygens (including phenoxy) is 2. The summed E-state index contributed by atoms with van der Waals surface area (Å²) in [7, 11) is 3.27. The molecule has 0 spiro atoms. The summed E-state index contributed by atoms with van der Waals surface area (Å²) in [6.07, 6.45) is 1.72. The van der Waals surface area contributed by atoms with E-state index in [0.29, 0.717) is 29.6 Å². The Bertz CT molecular complexity index is 931. The largest absolute Gasteiger partial charge is 0.493 e. The molecule has 2 heterocycles. The third-order valence-electron chi connectivity index (χ3n) is 3.96. The third-order valence-corrected chi connectivity index (χ3v) is 3.96. The van der Waals surface area contributed by atoms with Gasteiger partial charge in [0.05, 0.1) is 13.7 Å². The molecule has 0 saturated heterocycles. The van der Waals surface area contributed by atoms with Gasteiger partial charge in [-0.3, -0.25) is 4.79 Å². The summed E-state index contributed by atoms with van der Waals surface area (Å²) >= 11 is 0. The van der Waals surface area contributed by atoms with E-state index in [2.05, 4.69) is 15.1 Å². The quantitative estimate of drug-likeness (QED) is 0.687. The molecule has 1 N–H and O–H groups in total. The number of aromatic nitrogens is 3. The maximum atomic E-state index is 12.5. The van der Waals surface area contributed by atoms with Crippen molar-refractivity contribution in [2.24, 2.45) is 0 Å². The molecule has 0 atom stereocenters. The van der Waals surface area contributed by atoms with Crippen molar-refractivity contribution in [2.45, 2.75) is 27.0 Å². The SMILES string of the molecule is COc1cc(C)ccc1OCc1cc(C(=O)N(C)Cc2ncc(C)[nH]2)no1. The van der Waals surface area contributed by atoms with Crippen molar-refractivity contribution < 1.29 is 18.8 Å². The molecular formula is C19H22N4O4. The zero-order valence-electron chi connectivity index (χ0n) is 15.8. The van der Waals surface area contributed by atoms with Gasteiger partial charge in [-0.25, -0.2) is 4.98 Å². The van der Waals surface area contributed by atoms with Gasteiger partial charge in [-0.2, -0.15) is 0 Å². The lowest BCUT2D eigenvalue weighted by Gasteiger charge is -2.13. The van der Waals surface area contributed by atoms with Crippen molar-refractivity contribution >= 4 is 5.91 Å². The number of rotatable bonds is 7. The molecule has 3 rings (SSSR count). The van der Waals surface area contributed by atoms with Crippen LogP contribution >= 0.6 is 0 Å². The van der Waals surface area contributed by atoms with Crippen molar-refractivity contribution in [1.82, 2.24) is 20.0 Å². The first kappa shape index (κ1) is 18.5. The van der Waals surface area contributed by atoms with Crippen LogP contribution in [0.5, 0.6) is 11.5 Å². The Labute approximate surface area is 157 Å². The summed E-state index contributed by atoms with van der Waals surface area (Å²) in [6.45, 7) is 4.37. The lowest BCUT2D eigenvalue weighted by Crippen LogP contribution is -2.27. The Hall–Kier alpha value is -3.29. The summed E-state index contributed by atoms with van der Waals surface area (Å²) < 4.78 is 16.3. The molecule has 142 valence electrons. The molecule has 0 aliphatic heterocycles. The normalized spacial score (nSPS) is 10.7. The van der Waals surface area contributed by atoms with Crippen LogP contribution in [0.25, 0.3) is 0 Å². The summed E-state index contributed by atoms with van der Waals surface area (Å²) in [5.74, 6) is 2.13. The van der Waals surface area contributed by atoms with Crippen LogP contribution < -0.4 is 9.47 Å².